The molecule has 0 amide bonds. The molecule has 0 saturated heterocycles. The number of hydrogen-bond acceptors (Lipinski definition) is 2. The van der Waals surface area contributed by atoms with E-state index >= 15 is 0 Å². The minimum Gasteiger partial charge on any atom is -0.366 e. The first-order valence-electron chi connectivity index (χ1n) is 5.08. The Labute approximate surface area is 93.9 Å². The molecule has 4 nitrogen and oxygen atoms in total. The van der Waals surface area contributed by atoms with Crippen LogP contribution < -0.4 is 0 Å². The second-order valence-electron chi connectivity index (χ2n) is 4.19. The average molecular weight is 236 g/mol. The number of nitrogens with one attached hydrogen (secondary N) is 1. The minimum absolute atomic E-state index is 0.489. The third-order valence-corrected chi connectivity index (χ3v) is 4.30. The number of hydrogen-bond donors (Lipinski definition) is 1. The van der Waals surface area contributed by atoms with Gasteiger partial charge in [0.25, 0.3) is 0 Å². The zero-order valence-corrected chi connectivity index (χ0v) is 9.71. The average Bonchev–Trinajstić information content (AvgIpc) is 2.81. The zero-order valence-electron chi connectivity index (χ0n) is 8.90. The van der Waals surface area contributed by atoms with Crippen LogP contribution in [0, 0.1) is 0 Å². The van der Waals surface area contributed by atoms with Gasteiger partial charge < -0.3 is 4.98 Å². The lowest BCUT2D eigenvalue weighted by Crippen LogP contribution is -2.23. The zero-order chi connectivity index (χ0) is 11.3. The highest BCUT2D eigenvalue weighted by atomic mass is 32.2. The van der Waals surface area contributed by atoms with Crippen molar-refractivity contribution in [2.45, 2.75) is 13.1 Å². The number of H-pyrrole nitrogens is 1. The molecule has 2 aromatic rings. The molecule has 0 atom stereocenters. The molecular weight excluding hydrogens is 224 g/mol. The Bertz CT molecular complexity index is 658. The van der Waals surface area contributed by atoms with Gasteiger partial charge >= 0.3 is 0 Å². The molecule has 1 aromatic carbocycles. The normalized spacial score (nSPS) is 16.8. The fraction of sp³-hybridized carbons (Fsp3) is 0.273. The monoisotopic (exact) mass is 236 g/mol. The van der Waals surface area contributed by atoms with Crippen molar-refractivity contribution in [1.82, 2.24) is 9.29 Å². The van der Waals surface area contributed by atoms with E-state index in [4.69, 9.17) is 0 Å². The van der Waals surface area contributed by atoms with Crippen molar-refractivity contribution in [2.24, 2.45) is 0 Å². The molecule has 1 N–H and O–H groups in total. The molecule has 3 rings (SSSR count). The van der Waals surface area contributed by atoms with Crippen LogP contribution in [0.5, 0.6) is 0 Å². The van der Waals surface area contributed by atoms with E-state index in [0.29, 0.717) is 13.1 Å². The van der Waals surface area contributed by atoms with Crippen molar-refractivity contribution >= 4 is 20.8 Å². The molecule has 84 valence electrons. The van der Waals surface area contributed by atoms with Crippen LogP contribution >= 0.6 is 0 Å². The summed E-state index contributed by atoms with van der Waals surface area (Å²) in [5, 5.41) is 2.26. The first-order chi connectivity index (χ1) is 7.55. The van der Waals surface area contributed by atoms with Gasteiger partial charge in [0.2, 0.25) is 10.0 Å². The van der Waals surface area contributed by atoms with Gasteiger partial charge in [-0.2, -0.15) is 4.31 Å². The van der Waals surface area contributed by atoms with Crippen LogP contribution in [0.1, 0.15) is 11.1 Å². The third kappa shape index (κ3) is 1.36. The van der Waals surface area contributed by atoms with Crippen LogP contribution in [0.15, 0.2) is 24.5 Å². The van der Waals surface area contributed by atoms with E-state index in [-0.39, 0.29) is 0 Å². The van der Waals surface area contributed by atoms with E-state index in [1.807, 2.05) is 24.5 Å². The van der Waals surface area contributed by atoms with E-state index in [9.17, 15) is 8.42 Å². The lowest BCUT2D eigenvalue weighted by atomic mass is 10.1. The Morgan fingerprint density at radius 3 is 2.81 bits per heavy atom. The molecule has 0 fully saturated rings. The lowest BCUT2D eigenvalue weighted by Gasteiger charge is -2.10. The number of benzene rings is 1. The summed E-state index contributed by atoms with van der Waals surface area (Å²) >= 11 is 0. The largest absolute Gasteiger partial charge is 0.366 e. The Hall–Kier alpha value is -1.33. The number of aromatic amines is 1. The summed E-state index contributed by atoms with van der Waals surface area (Å²) in [5.74, 6) is 0. The summed E-state index contributed by atoms with van der Waals surface area (Å²) in [4.78, 5) is 3.05. The number of fused-ring (bicyclic) bond motifs is 3. The van der Waals surface area contributed by atoms with E-state index in [1.165, 1.54) is 10.6 Å². The maximum absolute atomic E-state index is 11.5. The van der Waals surface area contributed by atoms with Crippen molar-refractivity contribution in [3.05, 3.63) is 35.7 Å². The van der Waals surface area contributed by atoms with Gasteiger partial charge in [-0.3, -0.25) is 0 Å². The molecule has 16 heavy (non-hydrogen) atoms. The number of rotatable bonds is 1. The molecule has 0 saturated carbocycles. The maximum Gasteiger partial charge on any atom is 0.211 e. The van der Waals surface area contributed by atoms with Crippen molar-refractivity contribution in [1.29, 1.82) is 0 Å². The molecular formula is C11H12N2O2S. The Balaban J connectivity index is 2.16. The van der Waals surface area contributed by atoms with E-state index in [2.05, 4.69) is 4.98 Å². The first kappa shape index (κ1) is 9.86. The summed E-state index contributed by atoms with van der Waals surface area (Å²) < 4.78 is 24.5. The van der Waals surface area contributed by atoms with Gasteiger partial charge in [-0.05, 0) is 16.5 Å². The molecule has 2 heterocycles. The van der Waals surface area contributed by atoms with Crippen LogP contribution in [0.3, 0.4) is 0 Å². The molecule has 0 bridgehead atoms. The van der Waals surface area contributed by atoms with Gasteiger partial charge in [0.05, 0.1) is 6.26 Å². The summed E-state index contributed by atoms with van der Waals surface area (Å²) in [6, 6.07) is 4.03. The molecule has 1 aliphatic rings. The van der Waals surface area contributed by atoms with Crippen molar-refractivity contribution in [2.75, 3.05) is 6.26 Å². The van der Waals surface area contributed by atoms with E-state index in [0.717, 1.165) is 21.9 Å². The lowest BCUT2D eigenvalue weighted by molar-refractivity contribution is 0.437. The predicted molar refractivity (Wildman–Crippen MR) is 62.4 cm³/mol. The van der Waals surface area contributed by atoms with Gasteiger partial charge in [0, 0.05) is 30.9 Å². The molecule has 0 unspecified atom stereocenters. The summed E-state index contributed by atoms with van der Waals surface area (Å²) in [5.41, 5.74) is 2.24. The summed E-state index contributed by atoms with van der Waals surface area (Å²) in [6.45, 7) is 0.985. The van der Waals surface area contributed by atoms with Crippen LogP contribution in [-0.2, 0) is 23.1 Å². The van der Waals surface area contributed by atoms with Gasteiger partial charge in [0.15, 0.2) is 0 Å². The van der Waals surface area contributed by atoms with Gasteiger partial charge in [-0.15, -0.1) is 0 Å². The van der Waals surface area contributed by atoms with Crippen molar-refractivity contribution in [3.8, 4) is 0 Å². The molecule has 0 spiro atoms. The number of aromatic nitrogens is 1. The molecule has 5 heteroatoms. The minimum atomic E-state index is -3.10. The second kappa shape index (κ2) is 3.09. The fourth-order valence-corrected chi connectivity index (χ4v) is 2.97. The van der Waals surface area contributed by atoms with E-state index < -0.39 is 10.0 Å². The molecule has 1 aromatic heterocycles. The van der Waals surface area contributed by atoms with Crippen LogP contribution in [-0.4, -0.2) is 24.0 Å². The topological polar surface area (TPSA) is 53.2 Å². The number of sulfonamides is 1. The van der Waals surface area contributed by atoms with Gasteiger partial charge in [-0.1, -0.05) is 12.1 Å². The Morgan fingerprint density at radius 1 is 1.25 bits per heavy atom. The van der Waals surface area contributed by atoms with Crippen LogP contribution in [0.2, 0.25) is 0 Å². The highest BCUT2D eigenvalue weighted by molar-refractivity contribution is 7.88. The SMILES string of the molecule is CS(=O)(=O)N1Cc2ccc3c[nH]cc3c2C1. The van der Waals surface area contributed by atoms with Crippen LogP contribution in [0.25, 0.3) is 10.8 Å². The smallest absolute Gasteiger partial charge is 0.211 e. The predicted octanol–water partition coefficient (Wildman–Crippen LogP) is 1.44. The van der Waals surface area contributed by atoms with Crippen LogP contribution in [0.4, 0.5) is 0 Å². The van der Waals surface area contributed by atoms with Crippen molar-refractivity contribution in [3.63, 3.8) is 0 Å². The van der Waals surface area contributed by atoms with Gasteiger partial charge in [-0.25, -0.2) is 8.42 Å². The quantitative estimate of drug-likeness (QED) is 0.814. The molecule has 0 aliphatic carbocycles. The number of nitrogens with zero attached hydrogens (tertiary/aromatic N) is 1. The molecule has 1 aliphatic heterocycles. The fourth-order valence-electron chi connectivity index (χ4n) is 2.23. The van der Waals surface area contributed by atoms with Gasteiger partial charge in [0.1, 0.15) is 0 Å². The Morgan fingerprint density at radius 2 is 2.06 bits per heavy atom. The first-order valence-corrected chi connectivity index (χ1v) is 6.93. The maximum atomic E-state index is 11.5. The van der Waals surface area contributed by atoms with E-state index in [1.54, 1.807) is 0 Å². The molecule has 0 radical (unpaired) electrons. The second-order valence-corrected chi connectivity index (χ2v) is 6.17. The van der Waals surface area contributed by atoms with Crippen molar-refractivity contribution < 1.29 is 8.42 Å². The highest BCUT2D eigenvalue weighted by Crippen LogP contribution is 2.31. The highest BCUT2D eigenvalue weighted by Gasteiger charge is 2.27. The summed E-state index contributed by atoms with van der Waals surface area (Å²) in [7, 11) is -3.10. The standard InChI is InChI=1S/C11H12N2O2S/c1-16(14,15)13-6-9-3-2-8-4-12-5-10(8)11(9)7-13/h2-5,12H,6-7H2,1H3. The Kier molecular flexibility index (Phi) is 1.90. The third-order valence-electron chi connectivity index (χ3n) is 3.10. The summed E-state index contributed by atoms with van der Waals surface area (Å²) in [6.07, 6.45) is 5.12.